The Morgan fingerprint density at radius 1 is 0.778 bits per heavy atom. The number of hydrogen-bond acceptors (Lipinski definition) is 0. The molecule has 27 heavy (non-hydrogen) atoms. The van der Waals surface area contributed by atoms with Gasteiger partial charge in [-0.1, -0.05) is 42.5 Å². The maximum atomic E-state index is 2.53. The van der Waals surface area contributed by atoms with Gasteiger partial charge in [-0.25, -0.2) is 0 Å². The molecule has 0 aromatic heterocycles. The molecule has 3 heteroatoms. The fraction of sp³-hybridized carbons (Fsp3) is 0.667. The summed E-state index contributed by atoms with van der Waals surface area (Å²) in [4.78, 5) is 5.64. The zero-order valence-electron chi connectivity index (χ0n) is 16.8. The fourth-order valence-corrected chi connectivity index (χ4v) is 6.53. The van der Waals surface area contributed by atoms with Gasteiger partial charge in [-0.15, -0.1) is 0 Å². The van der Waals surface area contributed by atoms with E-state index in [-0.39, 0.29) is 0 Å². The number of piperazine rings is 1. The van der Waals surface area contributed by atoms with E-state index in [0.29, 0.717) is 0 Å². The number of hydrogen-bond donors (Lipinski definition) is 3. The van der Waals surface area contributed by atoms with Crippen molar-refractivity contribution in [3.8, 4) is 0 Å². The van der Waals surface area contributed by atoms with E-state index in [1.807, 2.05) is 9.80 Å². The minimum Gasteiger partial charge on any atom is -0.334 e. The molecule has 3 nitrogen and oxygen atoms in total. The van der Waals surface area contributed by atoms with Crippen molar-refractivity contribution in [2.45, 2.75) is 38.3 Å². The summed E-state index contributed by atoms with van der Waals surface area (Å²) in [6, 6.07) is 12.0. The highest BCUT2D eigenvalue weighted by Crippen LogP contribution is 2.42. The Bertz CT molecular complexity index is 626. The zero-order chi connectivity index (χ0) is 18.1. The van der Waals surface area contributed by atoms with Crippen LogP contribution in [0.5, 0.6) is 0 Å². The highest BCUT2D eigenvalue weighted by Gasteiger charge is 2.39. The molecule has 3 fully saturated rings. The molecule has 146 valence electrons. The number of nitrogens with one attached hydrogen (secondary N) is 3. The lowest BCUT2D eigenvalue weighted by atomic mass is 9.92. The van der Waals surface area contributed by atoms with Crippen molar-refractivity contribution >= 4 is 0 Å². The van der Waals surface area contributed by atoms with E-state index in [1.165, 1.54) is 83.6 Å². The molecule has 5 rings (SSSR count). The van der Waals surface area contributed by atoms with Gasteiger partial charge < -0.3 is 14.7 Å². The lowest BCUT2D eigenvalue weighted by Gasteiger charge is -2.38. The first-order valence-corrected chi connectivity index (χ1v) is 11.6. The molecule has 2 heterocycles. The summed E-state index contributed by atoms with van der Waals surface area (Å²) >= 11 is 0. The number of quaternary nitrogens is 3. The molecule has 4 aliphatic rings. The summed E-state index contributed by atoms with van der Waals surface area (Å²) in [6.07, 6.45) is 10.9. The quantitative estimate of drug-likeness (QED) is 0.565. The largest absolute Gasteiger partial charge is 0.334 e. The summed E-state index contributed by atoms with van der Waals surface area (Å²) < 4.78 is 0. The van der Waals surface area contributed by atoms with Crippen molar-refractivity contribution in [1.29, 1.82) is 0 Å². The second-order valence-corrected chi connectivity index (χ2v) is 9.84. The number of likely N-dealkylation sites (tertiary alicyclic amines) is 1. The van der Waals surface area contributed by atoms with Crippen LogP contribution in [0.4, 0.5) is 0 Å². The van der Waals surface area contributed by atoms with Crippen LogP contribution in [-0.4, -0.2) is 51.9 Å². The Morgan fingerprint density at radius 2 is 1.56 bits per heavy atom. The van der Waals surface area contributed by atoms with E-state index in [1.54, 1.807) is 4.90 Å². The van der Waals surface area contributed by atoms with Crippen molar-refractivity contribution < 1.29 is 14.7 Å². The van der Waals surface area contributed by atoms with Gasteiger partial charge in [0.05, 0.1) is 25.7 Å². The smallest absolute Gasteiger partial charge is 0.127 e. The predicted molar refractivity (Wildman–Crippen MR) is 109 cm³/mol. The van der Waals surface area contributed by atoms with Crippen LogP contribution in [0.15, 0.2) is 42.5 Å². The fourth-order valence-electron chi connectivity index (χ4n) is 6.53. The molecule has 0 spiro atoms. The summed E-state index contributed by atoms with van der Waals surface area (Å²) in [6.45, 7) is 11.0. The first kappa shape index (κ1) is 17.9. The number of allylic oxidation sites excluding steroid dienone is 2. The van der Waals surface area contributed by atoms with Crippen LogP contribution >= 0.6 is 0 Å². The summed E-state index contributed by atoms with van der Waals surface area (Å²) in [5.41, 5.74) is 1.50. The van der Waals surface area contributed by atoms with Crippen LogP contribution in [0.3, 0.4) is 0 Å². The Hall–Kier alpha value is -1.16. The zero-order valence-corrected chi connectivity index (χ0v) is 16.8. The first-order valence-electron chi connectivity index (χ1n) is 11.6. The lowest BCUT2D eigenvalue weighted by Crippen LogP contribution is -3.30. The maximum Gasteiger partial charge on any atom is 0.127 e. The van der Waals surface area contributed by atoms with Gasteiger partial charge in [0.2, 0.25) is 0 Å². The van der Waals surface area contributed by atoms with E-state index in [2.05, 4.69) is 42.5 Å². The lowest BCUT2D eigenvalue weighted by molar-refractivity contribution is -1.04. The molecule has 0 radical (unpaired) electrons. The van der Waals surface area contributed by atoms with Crippen LogP contribution in [0, 0.1) is 17.8 Å². The Kier molecular flexibility index (Phi) is 5.35. The van der Waals surface area contributed by atoms with E-state index in [4.69, 9.17) is 0 Å². The number of rotatable bonds is 5. The van der Waals surface area contributed by atoms with Gasteiger partial charge in [-0.2, -0.15) is 0 Å². The average molecular weight is 369 g/mol. The maximum absolute atomic E-state index is 2.53. The third kappa shape index (κ3) is 4.16. The van der Waals surface area contributed by atoms with Gasteiger partial charge in [0, 0.05) is 24.3 Å². The number of piperidine rings is 1. The highest BCUT2D eigenvalue weighted by atomic mass is 15.3. The van der Waals surface area contributed by atoms with Gasteiger partial charge >= 0.3 is 0 Å². The van der Waals surface area contributed by atoms with Crippen molar-refractivity contribution in [1.82, 2.24) is 0 Å². The van der Waals surface area contributed by atoms with Crippen LogP contribution in [0.25, 0.3) is 0 Å². The summed E-state index contributed by atoms with van der Waals surface area (Å²) in [5, 5.41) is 0. The van der Waals surface area contributed by atoms with Crippen LogP contribution in [0.2, 0.25) is 0 Å². The number of fused-ring (bicyclic) bond motifs is 2. The predicted octanol–water partition coefficient (Wildman–Crippen LogP) is -0.770. The molecule has 3 atom stereocenters. The van der Waals surface area contributed by atoms with Crippen molar-refractivity contribution in [3.63, 3.8) is 0 Å². The number of benzene rings is 1. The normalized spacial score (nSPS) is 41.1. The second-order valence-electron chi connectivity index (χ2n) is 9.84. The van der Waals surface area contributed by atoms with Gasteiger partial charge in [-0.05, 0) is 24.7 Å². The molecule has 1 aromatic rings. The molecule has 2 bridgehead atoms. The second kappa shape index (κ2) is 8.06. The van der Waals surface area contributed by atoms with Crippen molar-refractivity contribution in [2.24, 2.45) is 17.8 Å². The van der Waals surface area contributed by atoms with E-state index < -0.39 is 0 Å². The molecular weight excluding hydrogens is 330 g/mol. The van der Waals surface area contributed by atoms with Crippen LogP contribution in [-0.2, 0) is 6.54 Å². The molecule has 0 amide bonds. The standard InChI is InChI=1S/C24H35N3/c1-2-4-20(5-3-1)18-26-12-14-27(15-13-26)24-8-10-25(11-9-24)19-23-17-21-6-7-22(23)16-21/h1-7,21-24H,8-19H2/p+3/t21-,22-,23+/m0/s1. The van der Waals surface area contributed by atoms with E-state index >= 15 is 0 Å². The topological polar surface area (TPSA) is 13.3 Å². The Labute approximate surface area is 165 Å². The third-order valence-electron chi connectivity index (χ3n) is 8.13. The minimum absolute atomic E-state index is 0.937. The molecule has 1 aromatic carbocycles. The van der Waals surface area contributed by atoms with Crippen molar-refractivity contribution in [2.75, 3.05) is 45.8 Å². The van der Waals surface area contributed by atoms with E-state index in [0.717, 1.165) is 23.8 Å². The molecule has 0 unspecified atom stereocenters. The van der Waals surface area contributed by atoms with Crippen LogP contribution < -0.4 is 14.7 Å². The van der Waals surface area contributed by atoms with Gasteiger partial charge in [0.25, 0.3) is 0 Å². The van der Waals surface area contributed by atoms with Gasteiger partial charge in [-0.3, -0.25) is 0 Å². The first-order chi connectivity index (χ1) is 13.3. The summed E-state index contributed by atoms with van der Waals surface area (Å²) in [5.74, 6) is 2.88. The molecule has 3 N–H and O–H groups in total. The third-order valence-corrected chi connectivity index (χ3v) is 8.13. The van der Waals surface area contributed by atoms with Crippen molar-refractivity contribution in [3.05, 3.63) is 48.0 Å². The monoisotopic (exact) mass is 368 g/mol. The minimum atomic E-state index is 0.937. The average Bonchev–Trinajstić information content (AvgIpc) is 3.33. The Morgan fingerprint density at radius 3 is 2.22 bits per heavy atom. The highest BCUT2D eigenvalue weighted by molar-refractivity contribution is 5.13. The molecule has 1 saturated carbocycles. The van der Waals surface area contributed by atoms with Gasteiger partial charge in [0.15, 0.2) is 0 Å². The summed E-state index contributed by atoms with van der Waals surface area (Å²) in [7, 11) is 0. The molecule has 2 saturated heterocycles. The molecule has 2 aliphatic heterocycles. The van der Waals surface area contributed by atoms with Crippen LogP contribution in [0.1, 0.15) is 31.2 Å². The molecule has 2 aliphatic carbocycles. The van der Waals surface area contributed by atoms with Gasteiger partial charge in [0.1, 0.15) is 32.7 Å². The molecular formula is C24H38N3+3. The Balaban J connectivity index is 1.04. The SMILES string of the molecule is C1=C[C@H]2C[C@H]1C[C@@H]2C[NH+]1CCC([NH+]2CC[NH+](Cc3ccccc3)CC2)CC1. The van der Waals surface area contributed by atoms with E-state index in [9.17, 15) is 0 Å².